The van der Waals surface area contributed by atoms with Crippen molar-refractivity contribution in [2.24, 2.45) is 5.92 Å². The first-order chi connectivity index (χ1) is 11.5. The number of hydrogen-bond acceptors (Lipinski definition) is 3. The van der Waals surface area contributed by atoms with Gasteiger partial charge in [0.2, 0.25) is 0 Å². The van der Waals surface area contributed by atoms with Gasteiger partial charge in [0.15, 0.2) is 6.61 Å². The second-order valence-electron chi connectivity index (χ2n) is 7.09. The summed E-state index contributed by atoms with van der Waals surface area (Å²) in [6.45, 7) is 5.94. The molecule has 132 valence electrons. The van der Waals surface area contributed by atoms with Gasteiger partial charge >= 0.3 is 5.97 Å². The molecule has 0 bridgehead atoms. The van der Waals surface area contributed by atoms with Gasteiger partial charge in [-0.25, -0.2) is 0 Å². The number of para-hydroxylation sites is 1. The van der Waals surface area contributed by atoms with Crippen molar-refractivity contribution in [1.29, 1.82) is 0 Å². The average molecular weight is 331 g/mol. The van der Waals surface area contributed by atoms with Crippen molar-refractivity contribution in [3.05, 3.63) is 29.3 Å². The van der Waals surface area contributed by atoms with Gasteiger partial charge in [0, 0.05) is 12.1 Å². The van der Waals surface area contributed by atoms with Gasteiger partial charge in [-0.2, -0.15) is 0 Å². The van der Waals surface area contributed by atoms with Gasteiger partial charge in [0.1, 0.15) is 0 Å². The lowest BCUT2D eigenvalue weighted by Gasteiger charge is -2.16. The molecule has 1 aromatic rings. The molecular formula is C20H29NO3. The van der Waals surface area contributed by atoms with Crippen LogP contribution < -0.4 is 5.32 Å². The van der Waals surface area contributed by atoms with Crippen LogP contribution in [0.2, 0.25) is 0 Å². The van der Waals surface area contributed by atoms with Crippen LogP contribution in [0.1, 0.15) is 69.4 Å². The maximum atomic E-state index is 12.1. The zero-order valence-corrected chi connectivity index (χ0v) is 15.1. The van der Waals surface area contributed by atoms with Crippen molar-refractivity contribution >= 4 is 17.6 Å². The van der Waals surface area contributed by atoms with Crippen LogP contribution in [0.5, 0.6) is 0 Å². The molecule has 1 amide bonds. The number of carbonyl (C=O) groups is 2. The lowest BCUT2D eigenvalue weighted by atomic mass is 9.98. The minimum atomic E-state index is -0.277. The Kier molecular flexibility index (Phi) is 6.83. The number of nitrogens with one attached hydrogen (secondary N) is 1. The molecule has 1 N–H and O–H groups in total. The molecule has 0 saturated heterocycles. The Morgan fingerprint density at radius 2 is 1.96 bits per heavy atom. The number of ether oxygens (including phenoxy) is 1. The summed E-state index contributed by atoms with van der Waals surface area (Å²) in [6.07, 6.45) is 6.29. The molecule has 0 aliphatic heterocycles. The molecule has 0 aromatic heterocycles. The van der Waals surface area contributed by atoms with E-state index in [1.54, 1.807) is 0 Å². The molecule has 24 heavy (non-hydrogen) atoms. The maximum absolute atomic E-state index is 12.1. The van der Waals surface area contributed by atoms with E-state index in [4.69, 9.17) is 4.74 Å². The van der Waals surface area contributed by atoms with Crippen molar-refractivity contribution in [3.63, 3.8) is 0 Å². The topological polar surface area (TPSA) is 55.4 Å². The monoisotopic (exact) mass is 331 g/mol. The normalized spacial score (nSPS) is 14.8. The fraction of sp³-hybridized carbons (Fsp3) is 0.600. The third kappa shape index (κ3) is 5.36. The van der Waals surface area contributed by atoms with Crippen molar-refractivity contribution in [2.75, 3.05) is 11.9 Å². The molecule has 1 aliphatic carbocycles. The molecule has 2 rings (SSSR count). The molecule has 0 heterocycles. The second kappa shape index (κ2) is 8.86. The van der Waals surface area contributed by atoms with E-state index in [9.17, 15) is 9.59 Å². The fourth-order valence-electron chi connectivity index (χ4n) is 3.36. The average Bonchev–Trinajstić information content (AvgIpc) is 3.06. The molecular weight excluding hydrogens is 302 g/mol. The van der Waals surface area contributed by atoms with Crippen molar-refractivity contribution in [2.45, 2.75) is 65.2 Å². The van der Waals surface area contributed by atoms with Crippen molar-refractivity contribution < 1.29 is 14.3 Å². The predicted octanol–water partition coefficient (Wildman–Crippen LogP) is 4.57. The molecule has 0 unspecified atom stereocenters. The number of carbonyl (C=O) groups excluding carboxylic acids is 2. The zero-order valence-electron chi connectivity index (χ0n) is 15.1. The van der Waals surface area contributed by atoms with Crippen LogP contribution >= 0.6 is 0 Å². The Labute approximate surface area is 145 Å². The molecule has 1 fully saturated rings. The first-order valence-corrected chi connectivity index (χ1v) is 9.02. The van der Waals surface area contributed by atoms with Gasteiger partial charge in [0.05, 0.1) is 0 Å². The van der Waals surface area contributed by atoms with E-state index in [1.807, 2.05) is 25.1 Å². The van der Waals surface area contributed by atoms with Crippen molar-refractivity contribution in [3.8, 4) is 0 Å². The molecule has 1 aliphatic rings. The highest BCUT2D eigenvalue weighted by Crippen LogP contribution is 2.29. The van der Waals surface area contributed by atoms with Gasteiger partial charge < -0.3 is 10.1 Å². The summed E-state index contributed by atoms with van der Waals surface area (Å²) in [7, 11) is 0. The van der Waals surface area contributed by atoms with E-state index < -0.39 is 0 Å². The maximum Gasteiger partial charge on any atom is 0.306 e. The largest absolute Gasteiger partial charge is 0.456 e. The number of aryl methyl sites for hydroxylation is 1. The molecule has 1 aromatic carbocycles. The zero-order chi connectivity index (χ0) is 17.5. The standard InChI is InChI=1S/C20H29NO3/c1-14(2)17-10-6-7-15(3)20(17)21-18(22)13-24-19(23)12-11-16-8-4-5-9-16/h6-7,10,14,16H,4-5,8-9,11-13H2,1-3H3,(H,21,22). The van der Waals surface area contributed by atoms with Crippen LogP contribution in [-0.4, -0.2) is 18.5 Å². The van der Waals surface area contributed by atoms with Gasteiger partial charge in [-0.3, -0.25) is 9.59 Å². The first kappa shape index (κ1) is 18.5. The third-order valence-electron chi connectivity index (χ3n) is 4.79. The summed E-state index contributed by atoms with van der Waals surface area (Å²) in [5.41, 5.74) is 2.94. The molecule has 0 radical (unpaired) electrons. The molecule has 0 spiro atoms. The van der Waals surface area contributed by atoms with E-state index >= 15 is 0 Å². The van der Waals surface area contributed by atoms with E-state index in [0.717, 1.165) is 23.2 Å². The number of amides is 1. The molecule has 4 heteroatoms. The molecule has 1 saturated carbocycles. The first-order valence-electron chi connectivity index (χ1n) is 9.02. The van der Waals surface area contributed by atoms with Gasteiger partial charge in [-0.15, -0.1) is 0 Å². The SMILES string of the molecule is Cc1cccc(C(C)C)c1NC(=O)COC(=O)CCC1CCCC1. The minimum Gasteiger partial charge on any atom is -0.456 e. The summed E-state index contributed by atoms with van der Waals surface area (Å²) in [4.78, 5) is 23.9. The highest BCUT2D eigenvalue weighted by molar-refractivity contribution is 5.94. The van der Waals surface area contributed by atoms with Gasteiger partial charge in [-0.1, -0.05) is 57.7 Å². The highest BCUT2D eigenvalue weighted by atomic mass is 16.5. The number of anilines is 1. The van der Waals surface area contributed by atoms with E-state index in [1.165, 1.54) is 25.7 Å². The van der Waals surface area contributed by atoms with Crippen LogP contribution in [-0.2, 0) is 14.3 Å². The summed E-state index contributed by atoms with van der Waals surface area (Å²) < 4.78 is 5.13. The smallest absolute Gasteiger partial charge is 0.306 e. The quantitative estimate of drug-likeness (QED) is 0.745. The summed E-state index contributed by atoms with van der Waals surface area (Å²) >= 11 is 0. The number of esters is 1. The summed E-state index contributed by atoms with van der Waals surface area (Å²) in [6, 6.07) is 5.97. The van der Waals surface area contributed by atoms with Crippen molar-refractivity contribution in [1.82, 2.24) is 0 Å². The summed E-state index contributed by atoms with van der Waals surface area (Å²) in [5.74, 6) is 0.424. The van der Waals surface area contributed by atoms with Gasteiger partial charge in [0.25, 0.3) is 5.91 Å². The van der Waals surface area contributed by atoms with E-state index in [-0.39, 0.29) is 18.5 Å². The van der Waals surface area contributed by atoms with Crippen LogP contribution in [0, 0.1) is 12.8 Å². The lowest BCUT2D eigenvalue weighted by molar-refractivity contribution is -0.147. The predicted molar refractivity (Wildman–Crippen MR) is 96.0 cm³/mol. The minimum absolute atomic E-state index is 0.213. The Hall–Kier alpha value is -1.84. The second-order valence-corrected chi connectivity index (χ2v) is 7.09. The van der Waals surface area contributed by atoms with Crippen LogP contribution in [0.3, 0.4) is 0 Å². The molecule has 0 atom stereocenters. The van der Waals surface area contributed by atoms with Crippen LogP contribution in [0.4, 0.5) is 5.69 Å². The Morgan fingerprint density at radius 3 is 2.62 bits per heavy atom. The van der Waals surface area contributed by atoms with Gasteiger partial charge in [-0.05, 0) is 36.3 Å². The number of benzene rings is 1. The molecule has 4 nitrogen and oxygen atoms in total. The Bertz CT molecular complexity index is 574. The highest BCUT2D eigenvalue weighted by Gasteiger charge is 2.17. The van der Waals surface area contributed by atoms with E-state index in [0.29, 0.717) is 18.3 Å². The third-order valence-corrected chi connectivity index (χ3v) is 4.79. The van der Waals surface area contributed by atoms with E-state index in [2.05, 4.69) is 19.2 Å². The van der Waals surface area contributed by atoms with Crippen LogP contribution in [0.25, 0.3) is 0 Å². The van der Waals surface area contributed by atoms with Crippen LogP contribution in [0.15, 0.2) is 18.2 Å². The Balaban J connectivity index is 1.80. The fourth-order valence-corrected chi connectivity index (χ4v) is 3.36. The number of rotatable bonds is 7. The lowest BCUT2D eigenvalue weighted by Crippen LogP contribution is -2.22. The number of hydrogen-bond donors (Lipinski definition) is 1. The summed E-state index contributed by atoms with van der Waals surface area (Å²) in [5, 5.41) is 2.90. The Morgan fingerprint density at radius 1 is 1.25 bits per heavy atom.